The molecule has 0 aromatic carbocycles. The highest BCUT2D eigenvalue weighted by molar-refractivity contribution is 7.99. The molecular formula is C10H16N2O2S2. The predicted molar refractivity (Wildman–Crippen MR) is 67.7 cm³/mol. The third-order valence-electron chi connectivity index (χ3n) is 1.74. The minimum atomic E-state index is -0.491. The fourth-order valence-corrected chi connectivity index (χ4v) is 2.50. The van der Waals surface area contributed by atoms with Crippen molar-refractivity contribution in [3.05, 3.63) is 16.1 Å². The number of hydrogen-bond donors (Lipinski definition) is 2. The van der Waals surface area contributed by atoms with Crippen molar-refractivity contribution in [1.29, 1.82) is 0 Å². The summed E-state index contributed by atoms with van der Waals surface area (Å²) < 4.78 is 0. The van der Waals surface area contributed by atoms with E-state index in [9.17, 15) is 4.79 Å². The maximum absolute atomic E-state index is 11.3. The number of hydrogen-bond acceptors (Lipinski definition) is 5. The van der Waals surface area contributed by atoms with Crippen LogP contribution in [0.4, 0.5) is 0 Å². The number of carbonyl (C=O) groups is 1. The monoisotopic (exact) mass is 260 g/mol. The summed E-state index contributed by atoms with van der Waals surface area (Å²) in [6, 6.07) is 0. The molecule has 2 N–H and O–H groups in total. The molecule has 0 aliphatic heterocycles. The Morgan fingerprint density at radius 1 is 1.75 bits per heavy atom. The molecule has 6 heteroatoms. The molecule has 1 atom stereocenters. The van der Waals surface area contributed by atoms with Crippen LogP contribution in [0.15, 0.2) is 5.38 Å². The molecule has 0 spiro atoms. The average Bonchev–Trinajstić information content (AvgIpc) is 2.61. The second-order valence-corrected chi connectivity index (χ2v) is 5.55. The normalized spacial score (nSPS) is 12.4. The molecule has 0 saturated heterocycles. The van der Waals surface area contributed by atoms with E-state index in [0.29, 0.717) is 12.3 Å². The molecule has 0 aliphatic rings. The minimum absolute atomic E-state index is 0.0437. The first-order valence-corrected chi connectivity index (χ1v) is 7.05. The van der Waals surface area contributed by atoms with Crippen LogP contribution in [0.2, 0.25) is 0 Å². The molecule has 1 aromatic heterocycles. The Hall–Kier alpha value is -0.590. The van der Waals surface area contributed by atoms with E-state index in [-0.39, 0.29) is 5.91 Å². The number of thiazole rings is 1. The number of amides is 1. The molecule has 0 aliphatic carbocycles. The lowest BCUT2D eigenvalue weighted by Gasteiger charge is -2.06. The van der Waals surface area contributed by atoms with Gasteiger partial charge >= 0.3 is 0 Å². The standard InChI is InChI=1S/C10H16N2O2S2/c1-7(13)3-11-10(14)6-15-4-9-5-16-8(2)12-9/h5,7,13H,3-4,6H2,1-2H3,(H,11,14)/t7-/m0/s1. The number of aryl methyl sites for hydroxylation is 1. The summed E-state index contributed by atoms with van der Waals surface area (Å²) in [7, 11) is 0. The zero-order valence-corrected chi connectivity index (χ0v) is 11.0. The molecule has 1 rings (SSSR count). The lowest BCUT2D eigenvalue weighted by atomic mass is 10.4. The Morgan fingerprint density at radius 2 is 2.50 bits per heavy atom. The van der Waals surface area contributed by atoms with Gasteiger partial charge in [-0.1, -0.05) is 0 Å². The van der Waals surface area contributed by atoms with Crippen LogP contribution in [-0.2, 0) is 10.5 Å². The molecule has 1 heterocycles. The van der Waals surface area contributed by atoms with Gasteiger partial charge in [-0.15, -0.1) is 23.1 Å². The highest BCUT2D eigenvalue weighted by Gasteiger charge is 2.04. The Balaban J connectivity index is 2.13. The Morgan fingerprint density at radius 3 is 3.06 bits per heavy atom. The van der Waals surface area contributed by atoms with Gasteiger partial charge < -0.3 is 10.4 Å². The Labute approximate surface area is 103 Å². The molecule has 0 fully saturated rings. The molecule has 1 aromatic rings. The van der Waals surface area contributed by atoms with Gasteiger partial charge in [0, 0.05) is 17.7 Å². The van der Waals surface area contributed by atoms with Gasteiger partial charge in [0.15, 0.2) is 0 Å². The maximum Gasteiger partial charge on any atom is 0.230 e. The summed E-state index contributed by atoms with van der Waals surface area (Å²) in [6.45, 7) is 3.93. The first-order valence-electron chi connectivity index (χ1n) is 5.01. The summed E-state index contributed by atoms with van der Waals surface area (Å²) >= 11 is 3.15. The summed E-state index contributed by atoms with van der Waals surface area (Å²) in [4.78, 5) is 15.6. The van der Waals surface area contributed by atoms with Crippen molar-refractivity contribution in [1.82, 2.24) is 10.3 Å². The van der Waals surface area contributed by atoms with Crippen molar-refractivity contribution in [2.45, 2.75) is 25.7 Å². The number of nitrogens with zero attached hydrogens (tertiary/aromatic N) is 1. The highest BCUT2D eigenvalue weighted by atomic mass is 32.2. The van der Waals surface area contributed by atoms with E-state index in [1.807, 2.05) is 12.3 Å². The van der Waals surface area contributed by atoms with Gasteiger partial charge in [-0.05, 0) is 13.8 Å². The number of aromatic nitrogens is 1. The van der Waals surface area contributed by atoms with Gasteiger partial charge in [-0.2, -0.15) is 0 Å². The zero-order chi connectivity index (χ0) is 12.0. The number of nitrogens with one attached hydrogen (secondary N) is 1. The minimum Gasteiger partial charge on any atom is -0.392 e. The van der Waals surface area contributed by atoms with Gasteiger partial charge in [0.25, 0.3) is 0 Å². The van der Waals surface area contributed by atoms with Crippen molar-refractivity contribution in [3.63, 3.8) is 0 Å². The summed E-state index contributed by atoms with van der Waals surface area (Å²) in [5.74, 6) is 1.12. The Bertz CT molecular complexity index is 339. The molecule has 4 nitrogen and oxygen atoms in total. The highest BCUT2D eigenvalue weighted by Crippen LogP contribution is 2.14. The summed E-state index contributed by atoms with van der Waals surface area (Å²) in [6.07, 6.45) is -0.491. The van der Waals surface area contributed by atoms with Gasteiger partial charge in [-0.25, -0.2) is 4.98 Å². The van der Waals surface area contributed by atoms with Gasteiger partial charge in [-0.3, -0.25) is 4.79 Å². The summed E-state index contributed by atoms with van der Waals surface area (Å²) in [5.41, 5.74) is 1.02. The van der Waals surface area contributed by atoms with E-state index < -0.39 is 6.10 Å². The van der Waals surface area contributed by atoms with Crippen molar-refractivity contribution in [2.75, 3.05) is 12.3 Å². The molecule has 1 amide bonds. The smallest absolute Gasteiger partial charge is 0.230 e. The van der Waals surface area contributed by atoms with Gasteiger partial charge in [0.1, 0.15) is 0 Å². The summed E-state index contributed by atoms with van der Waals surface area (Å²) in [5, 5.41) is 14.7. The molecule has 0 bridgehead atoms. The second kappa shape index (κ2) is 6.88. The zero-order valence-electron chi connectivity index (χ0n) is 9.40. The van der Waals surface area contributed by atoms with Crippen LogP contribution < -0.4 is 5.32 Å². The van der Waals surface area contributed by atoms with Crippen LogP contribution in [-0.4, -0.2) is 34.4 Å². The third kappa shape index (κ3) is 5.48. The van der Waals surface area contributed by atoms with Crippen LogP contribution >= 0.6 is 23.1 Å². The number of carbonyl (C=O) groups excluding carboxylic acids is 1. The van der Waals surface area contributed by atoms with E-state index in [1.165, 1.54) is 11.8 Å². The predicted octanol–water partition coefficient (Wildman–Crippen LogP) is 1.18. The largest absolute Gasteiger partial charge is 0.392 e. The first kappa shape index (κ1) is 13.5. The lowest BCUT2D eigenvalue weighted by molar-refractivity contribution is -0.118. The molecule has 16 heavy (non-hydrogen) atoms. The molecular weight excluding hydrogens is 244 g/mol. The number of aliphatic hydroxyl groups is 1. The maximum atomic E-state index is 11.3. The van der Waals surface area contributed by atoms with Gasteiger partial charge in [0.05, 0.1) is 22.6 Å². The van der Waals surface area contributed by atoms with Crippen LogP contribution in [0.25, 0.3) is 0 Å². The fraction of sp³-hybridized carbons (Fsp3) is 0.600. The second-order valence-electron chi connectivity index (χ2n) is 3.50. The Kier molecular flexibility index (Phi) is 5.79. The van der Waals surface area contributed by atoms with E-state index in [1.54, 1.807) is 18.3 Å². The van der Waals surface area contributed by atoms with Crippen LogP contribution in [0.5, 0.6) is 0 Å². The van der Waals surface area contributed by atoms with Gasteiger partial charge in [0.2, 0.25) is 5.91 Å². The van der Waals surface area contributed by atoms with Crippen molar-refractivity contribution < 1.29 is 9.90 Å². The van der Waals surface area contributed by atoms with Crippen molar-refractivity contribution >= 4 is 29.0 Å². The average molecular weight is 260 g/mol. The number of aliphatic hydroxyl groups excluding tert-OH is 1. The number of rotatable bonds is 6. The molecule has 0 unspecified atom stereocenters. The molecule has 90 valence electrons. The molecule has 0 saturated carbocycles. The van der Waals surface area contributed by atoms with Crippen molar-refractivity contribution in [2.24, 2.45) is 0 Å². The van der Waals surface area contributed by atoms with Crippen LogP contribution in [0.1, 0.15) is 17.6 Å². The SMILES string of the molecule is Cc1nc(CSCC(=O)NC[C@H](C)O)cs1. The van der Waals surface area contributed by atoms with E-state index in [0.717, 1.165) is 16.5 Å². The van der Waals surface area contributed by atoms with E-state index >= 15 is 0 Å². The first-order chi connectivity index (χ1) is 7.58. The fourth-order valence-electron chi connectivity index (χ4n) is 1.04. The van der Waals surface area contributed by atoms with Crippen LogP contribution in [0.3, 0.4) is 0 Å². The van der Waals surface area contributed by atoms with Crippen LogP contribution in [0, 0.1) is 6.92 Å². The topological polar surface area (TPSA) is 62.2 Å². The van der Waals surface area contributed by atoms with E-state index in [4.69, 9.17) is 5.11 Å². The quantitative estimate of drug-likeness (QED) is 0.806. The van der Waals surface area contributed by atoms with Crippen molar-refractivity contribution in [3.8, 4) is 0 Å². The lowest BCUT2D eigenvalue weighted by Crippen LogP contribution is -2.31. The van der Waals surface area contributed by atoms with E-state index in [2.05, 4.69) is 10.3 Å². The number of thioether (sulfide) groups is 1. The third-order valence-corrected chi connectivity index (χ3v) is 3.53. The molecule has 0 radical (unpaired) electrons.